The Hall–Kier alpha value is -1.91. The lowest BCUT2D eigenvalue weighted by atomic mass is 10.1. The predicted molar refractivity (Wildman–Crippen MR) is 76.3 cm³/mol. The van der Waals surface area contributed by atoms with Crippen LogP contribution in [0, 0.1) is 0 Å². The smallest absolute Gasteiger partial charge is 0.165 e. The number of rotatable bonds is 4. The highest BCUT2D eigenvalue weighted by molar-refractivity contribution is 5.46. The normalized spacial score (nSPS) is 14.0. The van der Waals surface area contributed by atoms with Crippen LogP contribution in [0.1, 0.15) is 11.6 Å². The van der Waals surface area contributed by atoms with E-state index in [0.717, 1.165) is 22.8 Å². The van der Waals surface area contributed by atoms with Crippen LogP contribution in [0.2, 0.25) is 0 Å². The number of benzene rings is 2. The van der Waals surface area contributed by atoms with Crippen LogP contribution in [0.4, 0.5) is 0 Å². The summed E-state index contributed by atoms with van der Waals surface area (Å²) in [5.74, 6) is 2.22. The average molecular weight is 307 g/mol. The van der Waals surface area contributed by atoms with Crippen LogP contribution in [-0.2, 0) is 0 Å². The second-order valence-corrected chi connectivity index (χ2v) is 4.63. The molecule has 21 heavy (non-hydrogen) atoms. The summed E-state index contributed by atoms with van der Waals surface area (Å²) in [7, 11) is 0. The molecule has 112 valence electrons. The zero-order chi connectivity index (χ0) is 13.8. The monoisotopic (exact) mass is 306 g/mol. The lowest BCUT2D eigenvalue weighted by molar-refractivity contribution is -0.00000508. The highest BCUT2D eigenvalue weighted by Gasteiger charge is 2.13. The first kappa shape index (κ1) is 15.5. The summed E-state index contributed by atoms with van der Waals surface area (Å²) in [5, 5.41) is 0. The third kappa shape index (κ3) is 3.80. The molecule has 1 unspecified atom stereocenters. The summed E-state index contributed by atoms with van der Waals surface area (Å²) in [6.45, 7) is 1.58. The Labute approximate surface area is 130 Å². The SMILES string of the molecule is NC(COc1ccc2c(c1)OCCO2)c1ccccc1.[Cl-]. The Balaban J connectivity index is 0.00000161. The van der Waals surface area contributed by atoms with Crippen molar-refractivity contribution >= 4 is 0 Å². The zero-order valence-electron chi connectivity index (χ0n) is 11.5. The fourth-order valence-corrected chi connectivity index (χ4v) is 2.10. The first-order valence-corrected chi connectivity index (χ1v) is 6.66. The minimum Gasteiger partial charge on any atom is -1.00 e. The average Bonchev–Trinajstić information content (AvgIpc) is 2.53. The largest absolute Gasteiger partial charge is 1.00 e. The molecule has 0 radical (unpaired) electrons. The summed E-state index contributed by atoms with van der Waals surface area (Å²) < 4.78 is 16.7. The summed E-state index contributed by atoms with van der Waals surface area (Å²) in [5.41, 5.74) is 7.16. The number of hydrogen-bond acceptors (Lipinski definition) is 4. The van der Waals surface area contributed by atoms with Crippen LogP contribution in [0.5, 0.6) is 17.2 Å². The Morgan fingerprint density at radius 3 is 2.48 bits per heavy atom. The van der Waals surface area contributed by atoms with E-state index >= 15 is 0 Å². The van der Waals surface area contributed by atoms with Crippen LogP contribution in [0.3, 0.4) is 0 Å². The molecule has 0 bridgehead atoms. The van der Waals surface area contributed by atoms with Gasteiger partial charge in [0.05, 0.1) is 6.04 Å². The van der Waals surface area contributed by atoms with Gasteiger partial charge in [0.25, 0.3) is 0 Å². The van der Waals surface area contributed by atoms with E-state index in [1.807, 2.05) is 48.5 Å². The van der Waals surface area contributed by atoms with Crippen molar-refractivity contribution in [3.05, 3.63) is 54.1 Å². The van der Waals surface area contributed by atoms with Gasteiger partial charge in [-0.15, -0.1) is 0 Å². The van der Waals surface area contributed by atoms with E-state index < -0.39 is 0 Å². The van der Waals surface area contributed by atoms with Crippen LogP contribution in [0.25, 0.3) is 0 Å². The van der Waals surface area contributed by atoms with Gasteiger partial charge in [-0.25, -0.2) is 0 Å². The Kier molecular flexibility index (Phi) is 5.31. The van der Waals surface area contributed by atoms with Gasteiger partial charge in [-0.05, 0) is 17.7 Å². The van der Waals surface area contributed by atoms with Gasteiger partial charge >= 0.3 is 0 Å². The molecular weight excluding hydrogens is 290 g/mol. The standard InChI is InChI=1S/C16H17NO3.ClH/c17-14(12-4-2-1-3-5-12)11-20-13-6-7-15-16(10-13)19-9-8-18-15;/h1-7,10,14H,8-9,11,17H2;1H/p-1. The van der Waals surface area contributed by atoms with Gasteiger partial charge in [0.1, 0.15) is 25.6 Å². The number of fused-ring (bicyclic) bond motifs is 1. The number of ether oxygens (including phenoxy) is 3. The second kappa shape index (κ2) is 7.20. The summed E-state index contributed by atoms with van der Waals surface area (Å²) in [6.07, 6.45) is 0. The molecule has 0 saturated heterocycles. The minimum atomic E-state index is -0.149. The van der Waals surface area contributed by atoms with Crippen molar-refractivity contribution in [1.29, 1.82) is 0 Å². The second-order valence-electron chi connectivity index (χ2n) is 4.63. The van der Waals surface area contributed by atoms with E-state index in [2.05, 4.69) is 0 Å². The van der Waals surface area contributed by atoms with Gasteiger partial charge in [-0.3, -0.25) is 0 Å². The van der Waals surface area contributed by atoms with Gasteiger partial charge in [-0.1, -0.05) is 30.3 Å². The van der Waals surface area contributed by atoms with Gasteiger partial charge in [0, 0.05) is 6.07 Å². The number of halogens is 1. The van der Waals surface area contributed by atoms with Crippen LogP contribution < -0.4 is 32.4 Å². The van der Waals surface area contributed by atoms with Crippen molar-refractivity contribution in [1.82, 2.24) is 0 Å². The molecule has 0 spiro atoms. The van der Waals surface area contributed by atoms with E-state index in [1.54, 1.807) is 0 Å². The molecule has 0 fully saturated rings. The molecule has 2 N–H and O–H groups in total. The summed E-state index contributed by atoms with van der Waals surface area (Å²) in [4.78, 5) is 0. The molecule has 1 atom stereocenters. The third-order valence-electron chi connectivity index (χ3n) is 3.17. The van der Waals surface area contributed by atoms with Gasteiger partial charge in [-0.2, -0.15) is 0 Å². The van der Waals surface area contributed by atoms with Crippen molar-refractivity contribution in [2.45, 2.75) is 6.04 Å². The Morgan fingerprint density at radius 1 is 1.00 bits per heavy atom. The maximum atomic E-state index is 6.10. The van der Waals surface area contributed by atoms with E-state index in [1.165, 1.54) is 0 Å². The van der Waals surface area contributed by atoms with Crippen LogP contribution in [-0.4, -0.2) is 19.8 Å². The highest BCUT2D eigenvalue weighted by atomic mass is 35.5. The third-order valence-corrected chi connectivity index (χ3v) is 3.17. The first-order valence-electron chi connectivity index (χ1n) is 6.66. The van der Waals surface area contributed by atoms with E-state index in [9.17, 15) is 0 Å². The molecule has 3 rings (SSSR count). The molecular formula is C16H17ClNO3-. The zero-order valence-corrected chi connectivity index (χ0v) is 12.3. The van der Waals surface area contributed by atoms with Crippen molar-refractivity contribution in [3.63, 3.8) is 0 Å². The molecule has 1 aliphatic rings. The molecule has 2 aromatic carbocycles. The van der Waals surface area contributed by atoms with Gasteiger partial charge in [0.15, 0.2) is 11.5 Å². The molecule has 1 heterocycles. The molecule has 1 aliphatic heterocycles. The number of hydrogen-bond donors (Lipinski definition) is 1. The number of nitrogens with two attached hydrogens (primary N) is 1. The van der Waals surface area contributed by atoms with E-state index in [-0.39, 0.29) is 18.4 Å². The molecule has 0 aromatic heterocycles. The molecule has 0 aliphatic carbocycles. The Morgan fingerprint density at radius 2 is 1.71 bits per heavy atom. The summed E-state index contributed by atoms with van der Waals surface area (Å²) in [6, 6.07) is 15.3. The van der Waals surface area contributed by atoms with Crippen molar-refractivity contribution < 1.29 is 26.6 Å². The fraction of sp³-hybridized carbons (Fsp3) is 0.250. The van der Waals surface area contributed by atoms with Gasteiger partial charge in [0.2, 0.25) is 0 Å². The predicted octanol–water partition coefficient (Wildman–Crippen LogP) is -0.459. The van der Waals surface area contributed by atoms with E-state index in [0.29, 0.717) is 19.8 Å². The lowest BCUT2D eigenvalue weighted by Crippen LogP contribution is -3.00. The molecule has 2 aromatic rings. The minimum absolute atomic E-state index is 0. The van der Waals surface area contributed by atoms with E-state index in [4.69, 9.17) is 19.9 Å². The van der Waals surface area contributed by atoms with Crippen molar-refractivity contribution in [2.75, 3.05) is 19.8 Å². The fourth-order valence-electron chi connectivity index (χ4n) is 2.10. The highest BCUT2D eigenvalue weighted by Crippen LogP contribution is 2.33. The first-order chi connectivity index (χ1) is 9.83. The van der Waals surface area contributed by atoms with Crippen LogP contribution in [0.15, 0.2) is 48.5 Å². The maximum absolute atomic E-state index is 6.10. The quantitative estimate of drug-likeness (QED) is 0.831. The van der Waals surface area contributed by atoms with Crippen molar-refractivity contribution in [3.8, 4) is 17.2 Å². The molecule has 0 saturated carbocycles. The molecule has 4 nitrogen and oxygen atoms in total. The molecule has 0 amide bonds. The Bertz CT molecular complexity index is 577. The van der Waals surface area contributed by atoms with Gasteiger partial charge < -0.3 is 32.4 Å². The van der Waals surface area contributed by atoms with Crippen molar-refractivity contribution in [2.24, 2.45) is 5.73 Å². The summed E-state index contributed by atoms with van der Waals surface area (Å²) >= 11 is 0. The lowest BCUT2D eigenvalue weighted by Gasteiger charge is -2.19. The van der Waals surface area contributed by atoms with Crippen LogP contribution >= 0.6 is 0 Å². The maximum Gasteiger partial charge on any atom is 0.165 e. The topological polar surface area (TPSA) is 53.7 Å². The molecule has 5 heteroatoms.